The van der Waals surface area contributed by atoms with Crippen molar-refractivity contribution in [3.8, 4) is 0 Å². The van der Waals surface area contributed by atoms with Crippen molar-refractivity contribution in [1.82, 2.24) is 10.4 Å². The molecular formula is C25H42N2O5. The van der Waals surface area contributed by atoms with Crippen LogP contribution < -0.4 is 5.32 Å². The molecule has 1 amide bonds. The first-order valence-corrected chi connectivity index (χ1v) is 12.6. The highest BCUT2D eigenvalue weighted by Gasteiger charge is 2.57. The van der Waals surface area contributed by atoms with E-state index in [1.54, 1.807) is 12.0 Å². The molecule has 0 radical (unpaired) electrons. The van der Waals surface area contributed by atoms with E-state index in [0.29, 0.717) is 29.7 Å². The van der Waals surface area contributed by atoms with Crippen LogP contribution in [0.1, 0.15) is 66.2 Å². The van der Waals surface area contributed by atoms with Gasteiger partial charge in [0.25, 0.3) is 0 Å². The van der Waals surface area contributed by atoms with E-state index >= 15 is 0 Å². The average Bonchev–Trinajstić information content (AvgIpc) is 3.13. The van der Waals surface area contributed by atoms with Crippen LogP contribution in [0, 0.1) is 40.9 Å². The van der Waals surface area contributed by atoms with Crippen molar-refractivity contribution in [2.24, 2.45) is 40.9 Å². The summed E-state index contributed by atoms with van der Waals surface area (Å²) in [5.41, 5.74) is 0.351. The summed E-state index contributed by atoms with van der Waals surface area (Å²) >= 11 is 0. The number of aliphatic hydroxyl groups is 2. The molecule has 0 aromatic carbocycles. The number of carbonyl (C=O) groups excluding carboxylic acids is 2. The first kappa shape index (κ1) is 24.1. The zero-order valence-electron chi connectivity index (χ0n) is 20.1. The normalized spacial score (nSPS) is 44.5. The smallest absolute Gasteiger partial charge is 0.240 e. The van der Waals surface area contributed by atoms with E-state index in [1.165, 1.54) is 6.42 Å². The molecule has 7 nitrogen and oxygen atoms in total. The van der Waals surface area contributed by atoms with Gasteiger partial charge in [-0.2, -0.15) is 5.06 Å². The molecule has 4 saturated carbocycles. The number of nitrogens with zero attached hydrogens (tertiary/aromatic N) is 1. The Balaban J connectivity index is 1.48. The van der Waals surface area contributed by atoms with Gasteiger partial charge in [0.2, 0.25) is 5.91 Å². The van der Waals surface area contributed by atoms with E-state index in [2.05, 4.69) is 26.1 Å². The summed E-state index contributed by atoms with van der Waals surface area (Å²) in [5.74, 6) is 1.43. The van der Waals surface area contributed by atoms with Crippen LogP contribution in [-0.4, -0.2) is 64.9 Å². The molecule has 1 heterocycles. The molecule has 0 spiro atoms. The van der Waals surface area contributed by atoms with Crippen molar-refractivity contribution in [3.63, 3.8) is 0 Å². The molecular weight excluding hydrogens is 408 g/mol. The van der Waals surface area contributed by atoms with Crippen LogP contribution in [-0.2, 0) is 14.4 Å². The molecule has 5 rings (SSSR count). The van der Waals surface area contributed by atoms with Crippen molar-refractivity contribution < 1.29 is 24.6 Å². The molecule has 1 saturated heterocycles. The number of hydrogen-bond acceptors (Lipinski definition) is 6. The Labute approximate surface area is 192 Å². The number of rotatable bonds is 7. The summed E-state index contributed by atoms with van der Waals surface area (Å²) in [7, 11) is 0. The molecule has 182 valence electrons. The van der Waals surface area contributed by atoms with Crippen molar-refractivity contribution in [2.45, 2.75) is 90.5 Å². The van der Waals surface area contributed by atoms with Crippen molar-refractivity contribution >= 4 is 12.2 Å². The first-order valence-electron chi connectivity index (χ1n) is 12.6. The Morgan fingerprint density at radius 2 is 2.03 bits per heavy atom. The predicted octanol–water partition coefficient (Wildman–Crippen LogP) is 2.15. The molecule has 32 heavy (non-hydrogen) atoms. The van der Waals surface area contributed by atoms with Crippen LogP contribution in [0.3, 0.4) is 0 Å². The van der Waals surface area contributed by atoms with E-state index in [-0.39, 0.29) is 30.4 Å². The standard InChI is InChI=1S/C25H42N2O5/c1-14-19-9-18(25(19,3)4)10-20(14)26-24(31)23-22(15(2)30)21(13-29)32-27(23)11-16-6-5-7-17(8-16)12-28/h12,14-23,29-30H,5-11,13H2,1-4H3,(H,26,31)/t14-,15-,16?,17?,18+,19-,20-,21-,22?,23-/m0/s1. The molecule has 5 fully saturated rings. The fraction of sp³-hybridized carbons (Fsp3) is 0.920. The monoisotopic (exact) mass is 450 g/mol. The zero-order valence-corrected chi connectivity index (χ0v) is 20.1. The number of fused-ring (bicyclic) bond motifs is 2. The fourth-order valence-electron chi connectivity index (χ4n) is 7.38. The molecule has 0 aromatic heterocycles. The molecule has 4 aliphatic carbocycles. The van der Waals surface area contributed by atoms with Gasteiger partial charge in [0, 0.05) is 24.4 Å². The number of hydroxylamine groups is 2. The summed E-state index contributed by atoms with van der Waals surface area (Å²) in [4.78, 5) is 31.0. The number of carbonyl (C=O) groups is 2. The van der Waals surface area contributed by atoms with Gasteiger partial charge in [-0.3, -0.25) is 9.63 Å². The molecule has 2 bridgehead atoms. The number of nitrogens with one attached hydrogen (secondary N) is 1. The topological polar surface area (TPSA) is 99.1 Å². The van der Waals surface area contributed by atoms with Crippen LogP contribution in [0.4, 0.5) is 0 Å². The number of amides is 1. The van der Waals surface area contributed by atoms with E-state index in [4.69, 9.17) is 4.84 Å². The second-order valence-corrected chi connectivity index (χ2v) is 11.7. The van der Waals surface area contributed by atoms with Gasteiger partial charge in [0.15, 0.2) is 0 Å². The highest BCUT2D eigenvalue weighted by Crippen LogP contribution is 2.61. The van der Waals surface area contributed by atoms with Gasteiger partial charge in [-0.05, 0) is 68.1 Å². The fourth-order valence-corrected chi connectivity index (χ4v) is 7.38. The highest BCUT2D eigenvalue weighted by molar-refractivity contribution is 5.82. The molecule has 3 unspecified atom stereocenters. The minimum atomic E-state index is -0.780. The SMILES string of the molecule is C[C@@H]1[C@@H](NC(=O)[C@@H]2C([C@H](C)O)[C@H](CO)ON2CC2CCCC(C=O)C2)C[C@H]2C[C@@H]1C2(C)C. The third-order valence-electron chi connectivity index (χ3n) is 9.52. The lowest BCUT2D eigenvalue weighted by atomic mass is 9.45. The third kappa shape index (κ3) is 4.26. The van der Waals surface area contributed by atoms with Crippen LogP contribution in [0.2, 0.25) is 0 Å². The van der Waals surface area contributed by atoms with Crippen molar-refractivity contribution in [2.75, 3.05) is 13.2 Å². The summed E-state index contributed by atoms with van der Waals surface area (Å²) in [6, 6.07) is -0.500. The molecule has 3 N–H and O–H groups in total. The van der Waals surface area contributed by atoms with Crippen LogP contribution >= 0.6 is 0 Å². The molecule has 10 atom stereocenters. The van der Waals surface area contributed by atoms with Gasteiger partial charge in [-0.1, -0.05) is 27.2 Å². The van der Waals surface area contributed by atoms with Crippen molar-refractivity contribution in [3.05, 3.63) is 0 Å². The van der Waals surface area contributed by atoms with E-state index in [1.807, 2.05) is 0 Å². The lowest BCUT2D eigenvalue weighted by molar-refractivity contribution is -0.184. The first-order chi connectivity index (χ1) is 15.2. The second kappa shape index (κ2) is 9.32. The maximum atomic E-state index is 13.6. The van der Waals surface area contributed by atoms with Crippen LogP contribution in [0.5, 0.6) is 0 Å². The van der Waals surface area contributed by atoms with Gasteiger partial charge in [0.1, 0.15) is 18.4 Å². The van der Waals surface area contributed by atoms with Gasteiger partial charge in [-0.15, -0.1) is 0 Å². The average molecular weight is 451 g/mol. The van der Waals surface area contributed by atoms with E-state index < -0.39 is 24.2 Å². The van der Waals surface area contributed by atoms with E-state index in [9.17, 15) is 19.8 Å². The lowest BCUT2D eigenvalue weighted by Crippen LogP contribution is -2.62. The Morgan fingerprint density at radius 3 is 2.62 bits per heavy atom. The summed E-state index contributed by atoms with van der Waals surface area (Å²) in [6.07, 6.45) is 5.65. The summed E-state index contributed by atoms with van der Waals surface area (Å²) in [5, 5.41) is 25.4. The Hall–Kier alpha value is -1.02. The Bertz CT molecular complexity index is 698. The Morgan fingerprint density at radius 1 is 1.28 bits per heavy atom. The molecule has 7 heteroatoms. The lowest BCUT2D eigenvalue weighted by Gasteiger charge is -2.62. The third-order valence-corrected chi connectivity index (χ3v) is 9.52. The van der Waals surface area contributed by atoms with Crippen LogP contribution in [0.15, 0.2) is 0 Å². The second-order valence-electron chi connectivity index (χ2n) is 11.7. The number of hydrogen-bond donors (Lipinski definition) is 3. The minimum Gasteiger partial charge on any atom is -0.394 e. The Kier molecular flexibility index (Phi) is 7.02. The molecule has 5 aliphatic rings. The molecule has 1 aliphatic heterocycles. The van der Waals surface area contributed by atoms with Crippen molar-refractivity contribution in [1.29, 1.82) is 0 Å². The van der Waals surface area contributed by atoms with E-state index in [0.717, 1.165) is 38.4 Å². The highest BCUT2D eigenvalue weighted by atomic mass is 16.7. The maximum absolute atomic E-state index is 13.6. The number of aliphatic hydroxyl groups excluding tert-OH is 2. The minimum absolute atomic E-state index is 0.0722. The van der Waals surface area contributed by atoms with Gasteiger partial charge >= 0.3 is 0 Å². The summed E-state index contributed by atoms with van der Waals surface area (Å²) < 4.78 is 0. The molecule has 0 aromatic rings. The number of aldehydes is 1. The zero-order chi connectivity index (χ0) is 23.2. The van der Waals surface area contributed by atoms with Gasteiger partial charge in [-0.25, -0.2) is 0 Å². The van der Waals surface area contributed by atoms with Crippen LogP contribution in [0.25, 0.3) is 0 Å². The quantitative estimate of drug-likeness (QED) is 0.514. The summed E-state index contributed by atoms with van der Waals surface area (Å²) in [6.45, 7) is 8.92. The van der Waals surface area contributed by atoms with Gasteiger partial charge in [0.05, 0.1) is 12.7 Å². The largest absolute Gasteiger partial charge is 0.394 e. The predicted molar refractivity (Wildman–Crippen MR) is 120 cm³/mol. The van der Waals surface area contributed by atoms with Gasteiger partial charge < -0.3 is 20.3 Å². The maximum Gasteiger partial charge on any atom is 0.240 e.